The summed E-state index contributed by atoms with van der Waals surface area (Å²) in [5, 5.41) is 11.4. The molecule has 0 bridgehead atoms. The monoisotopic (exact) mass is 335 g/mol. The SMILES string of the molecule is O=C(NN(NC1CCC(O)CC1)C1CCCOC1)c1cncnc1. The summed E-state index contributed by atoms with van der Waals surface area (Å²) in [6, 6.07) is 0.321. The molecule has 0 spiro atoms. The van der Waals surface area contributed by atoms with Gasteiger partial charge in [-0.1, -0.05) is 0 Å². The Morgan fingerprint density at radius 2 is 1.96 bits per heavy atom. The number of hydrogen-bond donors (Lipinski definition) is 3. The van der Waals surface area contributed by atoms with Gasteiger partial charge in [0.15, 0.2) is 0 Å². The molecule has 1 unspecified atom stereocenters. The summed E-state index contributed by atoms with van der Waals surface area (Å²) in [6.45, 7) is 1.34. The van der Waals surface area contributed by atoms with Gasteiger partial charge in [0.1, 0.15) is 6.33 Å². The first kappa shape index (κ1) is 17.2. The van der Waals surface area contributed by atoms with E-state index in [-0.39, 0.29) is 24.1 Å². The smallest absolute Gasteiger partial charge is 0.269 e. The zero-order valence-electron chi connectivity index (χ0n) is 13.7. The molecule has 1 aromatic heterocycles. The molecule has 1 atom stereocenters. The van der Waals surface area contributed by atoms with Crippen LogP contribution in [0.1, 0.15) is 48.9 Å². The van der Waals surface area contributed by atoms with Crippen molar-refractivity contribution in [3.05, 3.63) is 24.3 Å². The number of carbonyl (C=O) groups is 1. The van der Waals surface area contributed by atoms with E-state index in [0.717, 1.165) is 45.1 Å². The van der Waals surface area contributed by atoms with Gasteiger partial charge in [0.25, 0.3) is 5.91 Å². The fourth-order valence-corrected chi connectivity index (χ4v) is 3.15. The van der Waals surface area contributed by atoms with Gasteiger partial charge < -0.3 is 9.84 Å². The Bertz CT molecular complexity index is 516. The third-order valence-corrected chi connectivity index (χ3v) is 4.56. The summed E-state index contributed by atoms with van der Waals surface area (Å²) in [6.07, 6.45) is 9.44. The topological polar surface area (TPSA) is 99.6 Å². The van der Waals surface area contributed by atoms with Crippen molar-refractivity contribution in [2.45, 2.75) is 56.7 Å². The molecule has 0 radical (unpaired) electrons. The van der Waals surface area contributed by atoms with Crippen LogP contribution in [0.5, 0.6) is 0 Å². The predicted molar refractivity (Wildman–Crippen MR) is 86.6 cm³/mol. The molecule has 1 saturated heterocycles. The zero-order valence-corrected chi connectivity index (χ0v) is 13.7. The maximum Gasteiger partial charge on any atom is 0.269 e. The summed E-state index contributed by atoms with van der Waals surface area (Å²) in [5.74, 6) is -0.246. The van der Waals surface area contributed by atoms with Crippen LogP contribution in [-0.2, 0) is 4.74 Å². The number of amides is 1. The minimum atomic E-state index is -0.246. The van der Waals surface area contributed by atoms with Gasteiger partial charge >= 0.3 is 0 Å². The lowest BCUT2D eigenvalue weighted by molar-refractivity contribution is -0.0417. The first-order valence-electron chi connectivity index (χ1n) is 8.59. The number of aromatic nitrogens is 2. The van der Waals surface area contributed by atoms with E-state index in [0.29, 0.717) is 12.2 Å². The van der Waals surface area contributed by atoms with Gasteiger partial charge in [0, 0.05) is 25.0 Å². The van der Waals surface area contributed by atoms with Crippen molar-refractivity contribution in [1.29, 1.82) is 0 Å². The molecule has 1 aliphatic carbocycles. The number of rotatable bonds is 5. The van der Waals surface area contributed by atoms with Crippen LogP contribution in [-0.4, -0.2) is 57.5 Å². The third-order valence-electron chi connectivity index (χ3n) is 4.56. The molecule has 8 heteroatoms. The van der Waals surface area contributed by atoms with Crippen molar-refractivity contribution >= 4 is 5.91 Å². The number of nitrogens with one attached hydrogen (secondary N) is 2. The van der Waals surface area contributed by atoms with Crippen LogP contribution in [0.3, 0.4) is 0 Å². The molecule has 3 N–H and O–H groups in total. The summed E-state index contributed by atoms with van der Waals surface area (Å²) in [5.41, 5.74) is 6.76. The van der Waals surface area contributed by atoms with Gasteiger partial charge in [-0.15, -0.1) is 0 Å². The molecule has 2 heterocycles. The van der Waals surface area contributed by atoms with Gasteiger partial charge in [-0.05, 0) is 38.5 Å². The number of aliphatic hydroxyl groups is 1. The molecule has 8 nitrogen and oxygen atoms in total. The minimum Gasteiger partial charge on any atom is -0.393 e. The van der Waals surface area contributed by atoms with Crippen LogP contribution >= 0.6 is 0 Å². The van der Waals surface area contributed by atoms with Crippen molar-refractivity contribution in [2.24, 2.45) is 0 Å². The number of hydrogen-bond acceptors (Lipinski definition) is 7. The average Bonchev–Trinajstić information content (AvgIpc) is 2.64. The number of hydrazine groups is 2. The molecule has 1 aliphatic heterocycles. The number of nitrogens with zero attached hydrogens (tertiary/aromatic N) is 3. The molecule has 1 aromatic rings. The van der Waals surface area contributed by atoms with E-state index in [4.69, 9.17) is 4.74 Å². The summed E-state index contributed by atoms with van der Waals surface area (Å²) >= 11 is 0. The van der Waals surface area contributed by atoms with Crippen LogP contribution in [0.25, 0.3) is 0 Å². The summed E-state index contributed by atoms with van der Waals surface area (Å²) < 4.78 is 5.56. The molecule has 2 fully saturated rings. The average molecular weight is 335 g/mol. The van der Waals surface area contributed by atoms with Crippen LogP contribution < -0.4 is 10.9 Å². The Kier molecular flexibility index (Phi) is 6.08. The molecule has 0 aromatic carbocycles. The van der Waals surface area contributed by atoms with Gasteiger partial charge in [-0.2, -0.15) is 5.12 Å². The number of aliphatic hydroxyl groups excluding tert-OH is 1. The Balaban J connectivity index is 1.64. The van der Waals surface area contributed by atoms with Crippen molar-refractivity contribution < 1.29 is 14.6 Å². The van der Waals surface area contributed by atoms with Crippen molar-refractivity contribution in [1.82, 2.24) is 25.9 Å². The highest BCUT2D eigenvalue weighted by atomic mass is 16.5. The van der Waals surface area contributed by atoms with Crippen LogP contribution in [0.4, 0.5) is 0 Å². The van der Waals surface area contributed by atoms with E-state index >= 15 is 0 Å². The summed E-state index contributed by atoms with van der Waals surface area (Å²) in [4.78, 5) is 20.2. The number of carbonyl (C=O) groups excluding carboxylic acids is 1. The van der Waals surface area contributed by atoms with Gasteiger partial charge in [-0.3, -0.25) is 10.2 Å². The Morgan fingerprint density at radius 3 is 2.62 bits per heavy atom. The van der Waals surface area contributed by atoms with Gasteiger partial charge in [0.2, 0.25) is 0 Å². The van der Waals surface area contributed by atoms with E-state index in [9.17, 15) is 9.90 Å². The van der Waals surface area contributed by atoms with E-state index in [2.05, 4.69) is 20.8 Å². The van der Waals surface area contributed by atoms with Crippen LogP contribution in [0.15, 0.2) is 18.7 Å². The lowest BCUT2D eigenvalue weighted by Crippen LogP contribution is -2.61. The van der Waals surface area contributed by atoms with E-state index < -0.39 is 0 Å². The van der Waals surface area contributed by atoms with Gasteiger partial charge in [0.05, 0.1) is 24.3 Å². The fraction of sp³-hybridized carbons (Fsp3) is 0.688. The molecule has 1 saturated carbocycles. The number of ether oxygens (including phenoxy) is 1. The Labute approximate surface area is 141 Å². The standard InChI is InChI=1S/C16H25N5O3/c22-15-5-3-13(4-6-15)19-21(14-2-1-7-24-10-14)20-16(23)12-8-17-11-18-9-12/h8-9,11,13-15,19,22H,1-7,10H2,(H,20,23). The molecule has 1 amide bonds. The lowest BCUT2D eigenvalue weighted by atomic mass is 9.93. The first-order valence-corrected chi connectivity index (χ1v) is 8.59. The Morgan fingerprint density at radius 1 is 1.21 bits per heavy atom. The molecule has 2 aliphatic rings. The molecule has 3 rings (SSSR count). The van der Waals surface area contributed by atoms with Crippen molar-refractivity contribution in [2.75, 3.05) is 13.2 Å². The van der Waals surface area contributed by atoms with Gasteiger partial charge in [-0.25, -0.2) is 15.4 Å². The Hall–Kier alpha value is -1.61. The van der Waals surface area contributed by atoms with Crippen LogP contribution in [0, 0.1) is 0 Å². The second-order valence-corrected chi connectivity index (χ2v) is 6.44. The third kappa shape index (κ3) is 4.70. The predicted octanol–water partition coefficient (Wildman–Crippen LogP) is 0.410. The van der Waals surface area contributed by atoms with Crippen LogP contribution in [0.2, 0.25) is 0 Å². The quantitative estimate of drug-likeness (QED) is 0.670. The highest BCUT2D eigenvalue weighted by molar-refractivity contribution is 5.93. The second kappa shape index (κ2) is 8.48. The zero-order chi connectivity index (χ0) is 16.8. The fourth-order valence-electron chi connectivity index (χ4n) is 3.15. The minimum absolute atomic E-state index is 0.0826. The molecule has 132 valence electrons. The van der Waals surface area contributed by atoms with E-state index in [1.54, 1.807) is 5.12 Å². The summed E-state index contributed by atoms with van der Waals surface area (Å²) in [7, 11) is 0. The lowest BCUT2D eigenvalue weighted by Gasteiger charge is -2.38. The molecule has 24 heavy (non-hydrogen) atoms. The normalized spacial score (nSPS) is 27.8. The largest absolute Gasteiger partial charge is 0.393 e. The van der Waals surface area contributed by atoms with Crippen molar-refractivity contribution in [3.8, 4) is 0 Å². The highest BCUT2D eigenvalue weighted by Crippen LogP contribution is 2.20. The van der Waals surface area contributed by atoms with Crippen molar-refractivity contribution in [3.63, 3.8) is 0 Å². The highest BCUT2D eigenvalue weighted by Gasteiger charge is 2.28. The first-order chi connectivity index (χ1) is 11.7. The maximum atomic E-state index is 12.4. The van der Waals surface area contributed by atoms with E-state index in [1.165, 1.54) is 18.7 Å². The second-order valence-electron chi connectivity index (χ2n) is 6.44. The molecular weight excluding hydrogens is 310 g/mol. The van der Waals surface area contributed by atoms with E-state index in [1.807, 2.05) is 0 Å². The molecular formula is C16H25N5O3. The maximum absolute atomic E-state index is 12.4.